The molecule has 0 fully saturated rings. The molecule has 0 unspecified atom stereocenters. The Balaban J connectivity index is 1.98. The number of carbonyl (C=O) groups excluding carboxylic acids is 1. The molecule has 1 amide bonds. The third-order valence-electron chi connectivity index (χ3n) is 2.23. The molecule has 4 heteroatoms. The maximum atomic E-state index is 10.9. The molecule has 2 rings (SSSR count). The van der Waals surface area contributed by atoms with Gasteiger partial charge >= 0.3 is 0 Å². The number of anilines is 2. The molecule has 0 saturated heterocycles. The zero-order chi connectivity index (χ0) is 12.1. The molecule has 2 N–H and O–H groups in total. The monoisotopic (exact) mass is 230 g/mol. The van der Waals surface area contributed by atoms with Crippen LogP contribution in [0, 0.1) is 0 Å². The van der Waals surface area contributed by atoms with Gasteiger partial charge in [0.15, 0.2) is 0 Å². The van der Waals surface area contributed by atoms with Gasteiger partial charge in [-0.1, -0.05) is 6.07 Å². The molecule has 1 heterocycles. The molecule has 17 heavy (non-hydrogen) atoms. The smallest absolute Gasteiger partial charge is 0.221 e. The van der Waals surface area contributed by atoms with Crippen molar-refractivity contribution in [2.75, 3.05) is 10.6 Å². The predicted molar refractivity (Wildman–Crippen MR) is 66.8 cm³/mol. The van der Waals surface area contributed by atoms with E-state index >= 15 is 0 Å². The van der Waals surface area contributed by atoms with Gasteiger partial charge in [-0.15, -0.1) is 0 Å². The third kappa shape index (κ3) is 3.38. The molecule has 0 aliphatic carbocycles. The highest BCUT2D eigenvalue weighted by Crippen LogP contribution is 2.16. The fourth-order valence-electron chi connectivity index (χ4n) is 1.51. The van der Waals surface area contributed by atoms with E-state index in [9.17, 15) is 4.79 Å². The Morgan fingerprint density at radius 1 is 1.24 bits per heavy atom. The summed E-state index contributed by atoms with van der Waals surface area (Å²) in [4.78, 5) is 10.9. The summed E-state index contributed by atoms with van der Waals surface area (Å²) < 4.78 is 5.22. The van der Waals surface area contributed by atoms with Gasteiger partial charge in [0.1, 0.15) is 5.76 Å². The van der Waals surface area contributed by atoms with Crippen LogP contribution in [0.15, 0.2) is 47.1 Å². The van der Waals surface area contributed by atoms with E-state index in [0.717, 1.165) is 17.1 Å². The predicted octanol–water partition coefficient (Wildman–Crippen LogP) is 2.85. The largest absolute Gasteiger partial charge is 0.467 e. The van der Waals surface area contributed by atoms with Gasteiger partial charge in [-0.05, 0) is 30.3 Å². The number of benzene rings is 1. The van der Waals surface area contributed by atoms with Gasteiger partial charge in [0, 0.05) is 18.3 Å². The van der Waals surface area contributed by atoms with Gasteiger partial charge in [-0.25, -0.2) is 0 Å². The van der Waals surface area contributed by atoms with E-state index in [1.54, 1.807) is 6.26 Å². The lowest BCUT2D eigenvalue weighted by Crippen LogP contribution is -2.06. The van der Waals surface area contributed by atoms with E-state index in [0.29, 0.717) is 6.54 Å². The first-order chi connectivity index (χ1) is 8.24. The second kappa shape index (κ2) is 5.21. The van der Waals surface area contributed by atoms with Crippen LogP contribution < -0.4 is 10.6 Å². The van der Waals surface area contributed by atoms with Gasteiger partial charge in [0.05, 0.1) is 12.8 Å². The van der Waals surface area contributed by atoms with Crippen LogP contribution in [0.2, 0.25) is 0 Å². The van der Waals surface area contributed by atoms with Crippen molar-refractivity contribution in [1.29, 1.82) is 0 Å². The van der Waals surface area contributed by atoms with Crippen molar-refractivity contribution in [1.82, 2.24) is 0 Å². The highest BCUT2D eigenvalue weighted by molar-refractivity contribution is 5.89. The van der Waals surface area contributed by atoms with Crippen molar-refractivity contribution in [2.24, 2.45) is 0 Å². The molecule has 2 aromatic rings. The van der Waals surface area contributed by atoms with E-state index in [1.807, 2.05) is 36.4 Å². The van der Waals surface area contributed by atoms with Crippen LogP contribution in [-0.4, -0.2) is 5.91 Å². The third-order valence-corrected chi connectivity index (χ3v) is 2.23. The standard InChI is InChI=1S/C13H14N2O2/c1-10(16)15-12-5-2-4-11(8-12)14-9-13-6-3-7-17-13/h2-8,14H,9H2,1H3,(H,15,16). The van der Waals surface area contributed by atoms with E-state index in [1.165, 1.54) is 6.92 Å². The lowest BCUT2D eigenvalue weighted by Gasteiger charge is -2.07. The van der Waals surface area contributed by atoms with Crippen LogP contribution in [0.25, 0.3) is 0 Å². The van der Waals surface area contributed by atoms with E-state index < -0.39 is 0 Å². The summed E-state index contributed by atoms with van der Waals surface area (Å²) in [7, 11) is 0. The minimum absolute atomic E-state index is 0.0758. The number of hydrogen-bond donors (Lipinski definition) is 2. The van der Waals surface area contributed by atoms with Crippen LogP contribution >= 0.6 is 0 Å². The molecule has 1 aromatic carbocycles. The van der Waals surface area contributed by atoms with Crippen molar-refractivity contribution in [2.45, 2.75) is 13.5 Å². The average molecular weight is 230 g/mol. The molecule has 0 radical (unpaired) electrons. The molecule has 0 atom stereocenters. The van der Waals surface area contributed by atoms with Gasteiger partial charge in [0.2, 0.25) is 5.91 Å². The summed E-state index contributed by atoms with van der Waals surface area (Å²) in [5.41, 5.74) is 1.72. The number of amides is 1. The van der Waals surface area contributed by atoms with Crippen LogP contribution in [0.4, 0.5) is 11.4 Å². The minimum atomic E-state index is -0.0758. The number of rotatable bonds is 4. The van der Waals surface area contributed by atoms with Crippen LogP contribution in [-0.2, 0) is 11.3 Å². The summed E-state index contributed by atoms with van der Waals surface area (Å²) >= 11 is 0. The average Bonchev–Trinajstić information content (AvgIpc) is 2.79. The first-order valence-electron chi connectivity index (χ1n) is 5.38. The van der Waals surface area contributed by atoms with Crippen molar-refractivity contribution in [3.8, 4) is 0 Å². The number of carbonyl (C=O) groups is 1. The maximum Gasteiger partial charge on any atom is 0.221 e. The van der Waals surface area contributed by atoms with Crippen molar-refractivity contribution in [3.63, 3.8) is 0 Å². The van der Waals surface area contributed by atoms with Gasteiger partial charge in [-0.3, -0.25) is 4.79 Å². The lowest BCUT2D eigenvalue weighted by atomic mass is 10.2. The molecule has 1 aromatic heterocycles. The van der Waals surface area contributed by atoms with Crippen molar-refractivity contribution in [3.05, 3.63) is 48.4 Å². The van der Waals surface area contributed by atoms with Crippen LogP contribution in [0.5, 0.6) is 0 Å². The number of hydrogen-bond acceptors (Lipinski definition) is 3. The highest BCUT2D eigenvalue weighted by atomic mass is 16.3. The Morgan fingerprint density at radius 2 is 2.06 bits per heavy atom. The summed E-state index contributed by atoms with van der Waals surface area (Å²) in [6.07, 6.45) is 1.64. The van der Waals surface area contributed by atoms with Gasteiger partial charge in [-0.2, -0.15) is 0 Å². The summed E-state index contributed by atoms with van der Waals surface area (Å²) in [5, 5.41) is 5.95. The molecule has 0 aliphatic heterocycles. The summed E-state index contributed by atoms with van der Waals surface area (Å²) in [6, 6.07) is 11.3. The van der Waals surface area contributed by atoms with E-state index in [2.05, 4.69) is 10.6 Å². The molecule has 0 spiro atoms. The second-order valence-electron chi connectivity index (χ2n) is 3.69. The second-order valence-corrected chi connectivity index (χ2v) is 3.69. The summed E-state index contributed by atoms with van der Waals surface area (Å²) in [5.74, 6) is 0.795. The molecular weight excluding hydrogens is 216 g/mol. The van der Waals surface area contributed by atoms with E-state index in [4.69, 9.17) is 4.42 Å². The Bertz CT molecular complexity index is 492. The first-order valence-corrected chi connectivity index (χ1v) is 5.38. The molecule has 0 bridgehead atoms. The van der Waals surface area contributed by atoms with Crippen LogP contribution in [0.1, 0.15) is 12.7 Å². The highest BCUT2D eigenvalue weighted by Gasteiger charge is 1.99. The molecule has 0 saturated carbocycles. The number of nitrogens with one attached hydrogen (secondary N) is 2. The Labute approximate surface area is 99.6 Å². The normalized spacial score (nSPS) is 9.94. The number of furan rings is 1. The zero-order valence-electron chi connectivity index (χ0n) is 9.57. The maximum absolute atomic E-state index is 10.9. The van der Waals surface area contributed by atoms with Gasteiger partial charge in [0.25, 0.3) is 0 Å². The molecule has 0 aliphatic rings. The molecule has 4 nitrogen and oxygen atoms in total. The topological polar surface area (TPSA) is 54.3 Å². The fraction of sp³-hybridized carbons (Fsp3) is 0.154. The van der Waals surface area contributed by atoms with E-state index in [-0.39, 0.29) is 5.91 Å². The van der Waals surface area contributed by atoms with Crippen molar-refractivity contribution < 1.29 is 9.21 Å². The molecule has 88 valence electrons. The van der Waals surface area contributed by atoms with Gasteiger partial charge < -0.3 is 15.1 Å². The Hall–Kier alpha value is -2.23. The zero-order valence-corrected chi connectivity index (χ0v) is 9.57. The van der Waals surface area contributed by atoms with Crippen molar-refractivity contribution >= 4 is 17.3 Å². The quantitative estimate of drug-likeness (QED) is 0.849. The molecular formula is C13H14N2O2. The Kier molecular flexibility index (Phi) is 3.45. The summed E-state index contributed by atoms with van der Waals surface area (Å²) in [6.45, 7) is 2.11. The first kappa shape index (κ1) is 11.3. The minimum Gasteiger partial charge on any atom is -0.467 e. The fourth-order valence-corrected chi connectivity index (χ4v) is 1.51. The Morgan fingerprint density at radius 3 is 2.76 bits per heavy atom. The van der Waals surface area contributed by atoms with Crippen LogP contribution in [0.3, 0.4) is 0 Å². The SMILES string of the molecule is CC(=O)Nc1cccc(NCc2ccco2)c1. The lowest BCUT2D eigenvalue weighted by molar-refractivity contribution is -0.114.